The van der Waals surface area contributed by atoms with Gasteiger partial charge in [0.05, 0.1) is 6.54 Å². The number of aryl methyl sites for hydroxylation is 1. The van der Waals surface area contributed by atoms with Crippen molar-refractivity contribution >= 4 is 17.9 Å². The molecule has 1 aliphatic heterocycles. The monoisotopic (exact) mass is 247 g/mol. The normalized spacial score (nSPS) is 12.9. The van der Waals surface area contributed by atoms with Crippen LogP contribution in [0, 0.1) is 12.8 Å². The lowest BCUT2D eigenvalue weighted by molar-refractivity contribution is -0.124. The van der Waals surface area contributed by atoms with Crippen molar-refractivity contribution in [2.75, 3.05) is 0 Å². The molecule has 5 nitrogen and oxygen atoms in total. The number of carbonyl (C=O) groups is 1. The molecule has 1 aromatic rings. The fourth-order valence-corrected chi connectivity index (χ4v) is 1.89. The van der Waals surface area contributed by atoms with Crippen LogP contribution in [-0.4, -0.2) is 16.7 Å². The van der Waals surface area contributed by atoms with Gasteiger partial charge in [-0.2, -0.15) is 0 Å². The molecule has 18 heavy (non-hydrogen) atoms. The van der Waals surface area contributed by atoms with E-state index in [1.807, 2.05) is 26.8 Å². The van der Waals surface area contributed by atoms with E-state index in [-0.39, 0.29) is 23.9 Å². The van der Waals surface area contributed by atoms with Crippen LogP contribution in [0.5, 0.6) is 0 Å². The van der Waals surface area contributed by atoms with Crippen molar-refractivity contribution in [2.45, 2.75) is 33.9 Å². The number of carbonyl (C=O) groups excluding carboxylic acids is 1. The van der Waals surface area contributed by atoms with Gasteiger partial charge >= 0.3 is 0 Å². The molecule has 0 saturated carbocycles. The van der Waals surface area contributed by atoms with Gasteiger partial charge in [-0.05, 0) is 18.6 Å². The van der Waals surface area contributed by atoms with Crippen LogP contribution < -0.4 is 10.9 Å². The quantitative estimate of drug-likeness (QED) is 0.870. The number of nitrogens with one attached hydrogen (secondary N) is 1. The third-order valence-electron chi connectivity index (χ3n) is 3.05. The molecule has 0 spiro atoms. The Balaban J connectivity index is 2.25. The summed E-state index contributed by atoms with van der Waals surface area (Å²) in [5.41, 5.74) is 1.44. The van der Waals surface area contributed by atoms with Crippen molar-refractivity contribution in [3.05, 3.63) is 27.5 Å². The second kappa shape index (κ2) is 4.76. The zero-order chi connectivity index (χ0) is 13.3. The van der Waals surface area contributed by atoms with Gasteiger partial charge in [-0.25, -0.2) is 4.99 Å². The van der Waals surface area contributed by atoms with E-state index < -0.39 is 0 Å². The molecule has 0 fully saturated rings. The Kier molecular flexibility index (Phi) is 3.32. The van der Waals surface area contributed by atoms with Crippen LogP contribution in [0.3, 0.4) is 0 Å². The Morgan fingerprint density at radius 1 is 1.56 bits per heavy atom. The maximum absolute atomic E-state index is 12.2. The lowest BCUT2D eigenvalue weighted by Gasteiger charge is -2.11. The van der Waals surface area contributed by atoms with E-state index in [1.165, 1.54) is 0 Å². The molecule has 0 atom stereocenters. The Hall–Kier alpha value is -1.91. The number of aliphatic imine (C=N–C) groups is 1. The summed E-state index contributed by atoms with van der Waals surface area (Å²) in [6.07, 6.45) is 1.71. The molecule has 2 heterocycles. The van der Waals surface area contributed by atoms with E-state index in [2.05, 4.69) is 10.3 Å². The van der Waals surface area contributed by atoms with E-state index in [0.717, 1.165) is 5.56 Å². The summed E-state index contributed by atoms with van der Waals surface area (Å²) in [5, 5.41) is 2.78. The molecule has 0 unspecified atom stereocenters. The van der Waals surface area contributed by atoms with Gasteiger partial charge in [-0.3, -0.25) is 14.2 Å². The first-order chi connectivity index (χ1) is 8.50. The maximum Gasteiger partial charge on any atom is 0.257 e. The summed E-state index contributed by atoms with van der Waals surface area (Å²) >= 11 is 0. The largest absolute Gasteiger partial charge is 0.352 e. The predicted octanol–water partition coefficient (Wildman–Crippen LogP) is 1.14. The third-order valence-corrected chi connectivity index (χ3v) is 3.05. The fraction of sp³-hybridized carbons (Fsp3) is 0.462. The number of nitrogens with zero attached hydrogens (tertiary/aromatic N) is 2. The van der Waals surface area contributed by atoms with Crippen molar-refractivity contribution in [1.82, 2.24) is 9.88 Å². The average Bonchev–Trinajstić information content (AvgIpc) is 2.76. The molecule has 2 rings (SSSR count). The minimum absolute atomic E-state index is 0.0458. The molecule has 0 aromatic carbocycles. The molecule has 1 N–H and O–H groups in total. The summed E-state index contributed by atoms with van der Waals surface area (Å²) in [4.78, 5) is 27.9. The summed E-state index contributed by atoms with van der Waals surface area (Å²) in [7, 11) is 0. The standard InChI is InChI=1S/C13H17N3O2/c1-8(2)12(17)15-7-10-9(3)6-11-14-4-5-16(11)13(10)18/h4,6,8H,5,7H2,1-3H3,(H,15,17). The third kappa shape index (κ3) is 2.20. The van der Waals surface area contributed by atoms with Crippen molar-refractivity contribution in [3.8, 4) is 0 Å². The lowest BCUT2D eigenvalue weighted by atomic mass is 10.1. The first kappa shape index (κ1) is 12.5. The van der Waals surface area contributed by atoms with E-state index in [1.54, 1.807) is 10.8 Å². The number of pyridine rings is 1. The first-order valence-corrected chi connectivity index (χ1v) is 6.04. The number of amides is 1. The van der Waals surface area contributed by atoms with Crippen LogP contribution in [0.25, 0.3) is 0 Å². The van der Waals surface area contributed by atoms with Gasteiger partial charge in [0, 0.05) is 24.2 Å². The highest BCUT2D eigenvalue weighted by Gasteiger charge is 2.15. The SMILES string of the molecule is Cc1cc2n(c(=O)c1CNC(=O)C(C)C)CC=N2. The predicted molar refractivity (Wildman–Crippen MR) is 70.3 cm³/mol. The van der Waals surface area contributed by atoms with Gasteiger partial charge in [-0.1, -0.05) is 13.8 Å². The van der Waals surface area contributed by atoms with E-state index in [9.17, 15) is 9.59 Å². The second-order valence-corrected chi connectivity index (χ2v) is 4.76. The van der Waals surface area contributed by atoms with Crippen LogP contribution in [0.15, 0.2) is 15.9 Å². The van der Waals surface area contributed by atoms with Crippen molar-refractivity contribution < 1.29 is 4.79 Å². The van der Waals surface area contributed by atoms with Gasteiger partial charge in [0.1, 0.15) is 5.82 Å². The van der Waals surface area contributed by atoms with Crippen LogP contribution in [0.4, 0.5) is 5.82 Å². The van der Waals surface area contributed by atoms with Gasteiger partial charge in [0.15, 0.2) is 0 Å². The molecule has 0 aliphatic carbocycles. The fourth-order valence-electron chi connectivity index (χ4n) is 1.89. The average molecular weight is 247 g/mol. The molecule has 0 bridgehead atoms. The van der Waals surface area contributed by atoms with Gasteiger partial charge in [0.2, 0.25) is 5.91 Å². The summed E-state index contributed by atoms with van der Waals surface area (Å²) in [5.74, 6) is 0.567. The Labute approximate surface area is 106 Å². The molecular weight excluding hydrogens is 230 g/mol. The molecule has 5 heteroatoms. The molecule has 96 valence electrons. The zero-order valence-electron chi connectivity index (χ0n) is 10.9. The number of rotatable bonds is 3. The van der Waals surface area contributed by atoms with Crippen LogP contribution in [0.2, 0.25) is 0 Å². The number of fused-ring (bicyclic) bond motifs is 1. The maximum atomic E-state index is 12.2. The first-order valence-electron chi connectivity index (χ1n) is 6.04. The van der Waals surface area contributed by atoms with Gasteiger partial charge < -0.3 is 5.32 Å². The molecule has 1 aromatic heterocycles. The van der Waals surface area contributed by atoms with E-state index >= 15 is 0 Å². The Bertz CT molecular complexity index is 570. The Morgan fingerprint density at radius 3 is 2.94 bits per heavy atom. The topological polar surface area (TPSA) is 63.5 Å². The lowest BCUT2D eigenvalue weighted by Crippen LogP contribution is -2.32. The highest BCUT2D eigenvalue weighted by molar-refractivity contribution is 5.77. The van der Waals surface area contributed by atoms with Gasteiger partial charge in [-0.15, -0.1) is 0 Å². The molecular formula is C13H17N3O2. The van der Waals surface area contributed by atoms with Crippen LogP contribution in [0.1, 0.15) is 25.0 Å². The van der Waals surface area contributed by atoms with E-state index in [0.29, 0.717) is 17.9 Å². The molecule has 1 amide bonds. The van der Waals surface area contributed by atoms with E-state index in [4.69, 9.17) is 0 Å². The summed E-state index contributed by atoms with van der Waals surface area (Å²) in [6, 6.07) is 1.88. The minimum Gasteiger partial charge on any atom is -0.352 e. The number of hydrogen-bond donors (Lipinski definition) is 1. The summed E-state index contributed by atoms with van der Waals surface area (Å²) in [6.45, 7) is 6.31. The van der Waals surface area contributed by atoms with Crippen molar-refractivity contribution in [2.24, 2.45) is 10.9 Å². The molecule has 1 aliphatic rings. The minimum atomic E-state index is -0.0779. The molecule has 0 radical (unpaired) electrons. The van der Waals surface area contributed by atoms with Crippen LogP contribution in [-0.2, 0) is 17.9 Å². The highest BCUT2D eigenvalue weighted by Crippen LogP contribution is 2.17. The smallest absolute Gasteiger partial charge is 0.257 e. The number of hydrogen-bond acceptors (Lipinski definition) is 3. The Morgan fingerprint density at radius 2 is 2.28 bits per heavy atom. The second-order valence-electron chi connectivity index (χ2n) is 4.76. The van der Waals surface area contributed by atoms with Gasteiger partial charge in [0.25, 0.3) is 5.56 Å². The number of aromatic nitrogens is 1. The van der Waals surface area contributed by atoms with Crippen molar-refractivity contribution in [1.29, 1.82) is 0 Å². The molecule has 0 saturated heterocycles. The zero-order valence-corrected chi connectivity index (χ0v) is 10.9. The highest BCUT2D eigenvalue weighted by atomic mass is 16.2. The summed E-state index contributed by atoms with van der Waals surface area (Å²) < 4.78 is 1.61. The van der Waals surface area contributed by atoms with Crippen LogP contribution >= 0.6 is 0 Å². The van der Waals surface area contributed by atoms with Crippen molar-refractivity contribution in [3.63, 3.8) is 0 Å².